The third-order valence-corrected chi connectivity index (χ3v) is 2.18. The number of hydrogen-bond donors (Lipinski definition) is 0. The minimum absolute atomic E-state index is 0. The van der Waals surface area contributed by atoms with Crippen LogP contribution in [0.15, 0.2) is 0 Å². The molecule has 0 amide bonds. The van der Waals surface area contributed by atoms with Crippen molar-refractivity contribution >= 4 is 25.4 Å². The first kappa shape index (κ1) is 12.4. The Kier molecular flexibility index (Phi) is 12.0. The first-order chi connectivity index (χ1) is 3.81. The standard InChI is InChI=1S/C5H13O2P.Al.3H/c1-3-4-5-8(6)7-2;;;;/h8H,3-5H2,1-2H3;;;;. The maximum atomic E-state index is 10.5. The highest BCUT2D eigenvalue weighted by atomic mass is 31.1. The Morgan fingerprint density at radius 3 is 2.44 bits per heavy atom. The monoisotopic (exact) mass is 166 g/mol. The van der Waals surface area contributed by atoms with Crippen LogP contribution < -0.4 is 0 Å². The topological polar surface area (TPSA) is 26.3 Å². The van der Waals surface area contributed by atoms with Crippen LogP contribution in [0.25, 0.3) is 0 Å². The SMILES string of the molecule is CCCC[PH](=O)OC.[AlH3]. The van der Waals surface area contributed by atoms with E-state index in [0.29, 0.717) is 0 Å². The lowest BCUT2D eigenvalue weighted by Crippen LogP contribution is -1.77. The fourth-order valence-corrected chi connectivity index (χ4v) is 1.27. The van der Waals surface area contributed by atoms with Crippen LogP contribution in [-0.2, 0) is 9.09 Å². The van der Waals surface area contributed by atoms with Crippen molar-refractivity contribution in [3.63, 3.8) is 0 Å². The summed E-state index contributed by atoms with van der Waals surface area (Å²) in [5.74, 6) is 0. The fourth-order valence-electron chi connectivity index (χ4n) is 0.423. The van der Waals surface area contributed by atoms with Crippen molar-refractivity contribution in [2.24, 2.45) is 0 Å². The summed E-state index contributed by atoms with van der Waals surface area (Å²) in [4.78, 5) is 0. The molecule has 0 fully saturated rings. The summed E-state index contributed by atoms with van der Waals surface area (Å²) in [6.45, 7) is 2.07. The third kappa shape index (κ3) is 8.72. The van der Waals surface area contributed by atoms with Crippen LogP contribution in [-0.4, -0.2) is 30.6 Å². The van der Waals surface area contributed by atoms with Gasteiger partial charge in [-0.1, -0.05) is 13.3 Å². The highest BCUT2D eigenvalue weighted by Crippen LogP contribution is 2.21. The van der Waals surface area contributed by atoms with E-state index in [-0.39, 0.29) is 17.4 Å². The molecule has 2 nitrogen and oxygen atoms in total. The summed E-state index contributed by atoms with van der Waals surface area (Å²) >= 11 is 0. The first-order valence-electron chi connectivity index (χ1n) is 2.88. The fraction of sp³-hybridized carbons (Fsp3) is 1.00. The average Bonchev–Trinajstić information content (AvgIpc) is 1.83. The van der Waals surface area contributed by atoms with E-state index in [9.17, 15) is 4.57 Å². The molecule has 56 valence electrons. The maximum Gasteiger partial charge on any atom is 0.191 e. The summed E-state index contributed by atoms with van der Waals surface area (Å²) in [6.07, 6.45) is 2.86. The van der Waals surface area contributed by atoms with Crippen LogP contribution in [0.2, 0.25) is 0 Å². The molecule has 0 aromatic carbocycles. The predicted octanol–water partition coefficient (Wildman–Crippen LogP) is 0.724. The molecule has 0 spiro atoms. The Hall–Kier alpha value is 0.722. The van der Waals surface area contributed by atoms with Crippen molar-refractivity contribution < 1.29 is 9.09 Å². The Morgan fingerprint density at radius 2 is 2.11 bits per heavy atom. The van der Waals surface area contributed by atoms with Crippen LogP contribution >= 0.6 is 8.03 Å². The minimum Gasteiger partial charge on any atom is -0.334 e. The van der Waals surface area contributed by atoms with Crippen molar-refractivity contribution in [1.82, 2.24) is 0 Å². The molecule has 1 unspecified atom stereocenters. The second-order valence-corrected chi connectivity index (χ2v) is 3.33. The molecule has 0 bridgehead atoms. The minimum atomic E-state index is -1.64. The van der Waals surface area contributed by atoms with E-state index in [1.165, 1.54) is 7.11 Å². The quantitative estimate of drug-likeness (QED) is 0.454. The van der Waals surface area contributed by atoms with E-state index in [2.05, 4.69) is 11.4 Å². The Labute approximate surface area is 68.0 Å². The zero-order valence-electron chi connectivity index (χ0n) is 5.44. The second kappa shape index (κ2) is 8.72. The molecule has 0 saturated carbocycles. The molecule has 0 heterocycles. The van der Waals surface area contributed by atoms with Crippen LogP contribution in [0, 0.1) is 0 Å². The molecule has 0 aromatic rings. The van der Waals surface area contributed by atoms with Gasteiger partial charge in [0.1, 0.15) is 0 Å². The normalized spacial score (nSPS) is 12.2. The van der Waals surface area contributed by atoms with Crippen LogP contribution in [0.1, 0.15) is 19.8 Å². The molecule has 4 heteroatoms. The zero-order valence-corrected chi connectivity index (χ0v) is 6.44. The third-order valence-electron chi connectivity index (χ3n) is 0.962. The molecule has 0 aliphatic rings. The molecule has 1 atom stereocenters. The number of hydrogen-bond acceptors (Lipinski definition) is 2. The van der Waals surface area contributed by atoms with E-state index in [0.717, 1.165) is 19.0 Å². The van der Waals surface area contributed by atoms with Crippen molar-refractivity contribution in [2.45, 2.75) is 19.8 Å². The van der Waals surface area contributed by atoms with Gasteiger partial charge in [-0.2, -0.15) is 0 Å². The summed E-state index contributed by atoms with van der Waals surface area (Å²) in [5, 5.41) is 0. The van der Waals surface area contributed by atoms with Crippen molar-refractivity contribution in [3.8, 4) is 0 Å². The Morgan fingerprint density at radius 1 is 1.56 bits per heavy atom. The number of unbranched alkanes of at least 4 members (excludes halogenated alkanes) is 1. The highest BCUT2D eigenvalue weighted by molar-refractivity contribution is 7.39. The van der Waals surface area contributed by atoms with E-state index in [4.69, 9.17) is 0 Å². The lowest BCUT2D eigenvalue weighted by Gasteiger charge is -1.94. The van der Waals surface area contributed by atoms with Crippen molar-refractivity contribution in [2.75, 3.05) is 13.3 Å². The molecule has 0 aliphatic carbocycles. The number of rotatable bonds is 4. The van der Waals surface area contributed by atoms with Crippen molar-refractivity contribution in [1.29, 1.82) is 0 Å². The maximum absolute atomic E-state index is 10.5. The van der Waals surface area contributed by atoms with Gasteiger partial charge in [-0.3, -0.25) is 4.57 Å². The van der Waals surface area contributed by atoms with E-state index in [1.54, 1.807) is 0 Å². The van der Waals surface area contributed by atoms with Crippen molar-refractivity contribution in [3.05, 3.63) is 0 Å². The molecular weight excluding hydrogens is 150 g/mol. The Balaban J connectivity index is 0. The van der Waals surface area contributed by atoms with E-state index in [1.807, 2.05) is 0 Å². The Bertz CT molecular complexity index is 77.4. The molecule has 0 N–H and O–H groups in total. The van der Waals surface area contributed by atoms with Gasteiger partial charge >= 0.3 is 0 Å². The van der Waals surface area contributed by atoms with Gasteiger partial charge < -0.3 is 4.52 Å². The van der Waals surface area contributed by atoms with Gasteiger partial charge in [0.05, 0.1) is 0 Å². The van der Waals surface area contributed by atoms with E-state index >= 15 is 0 Å². The molecule has 0 rings (SSSR count). The van der Waals surface area contributed by atoms with Gasteiger partial charge in [0.25, 0.3) is 0 Å². The average molecular weight is 166 g/mol. The van der Waals surface area contributed by atoms with Crippen LogP contribution in [0.4, 0.5) is 0 Å². The van der Waals surface area contributed by atoms with E-state index < -0.39 is 8.03 Å². The summed E-state index contributed by atoms with van der Waals surface area (Å²) in [6, 6.07) is 0. The summed E-state index contributed by atoms with van der Waals surface area (Å²) in [5.41, 5.74) is 0. The van der Waals surface area contributed by atoms with Gasteiger partial charge in [-0.15, -0.1) is 0 Å². The molecular formula is C5H16AlO2P. The highest BCUT2D eigenvalue weighted by Gasteiger charge is 1.91. The molecule has 0 radical (unpaired) electrons. The van der Waals surface area contributed by atoms with Crippen LogP contribution in [0.5, 0.6) is 0 Å². The summed E-state index contributed by atoms with van der Waals surface area (Å²) in [7, 11) is -0.145. The van der Waals surface area contributed by atoms with Gasteiger partial charge in [-0.05, 0) is 6.42 Å². The molecule has 0 aromatic heterocycles. The molecule has 0 aliphatic heterocycles. The van der Waals surface area contributed by atoms with Crippen LogP contribution in [0.3, 0.4) is 0 Å². The van der Waals surface area contributed by atoms with Gasteiger partial charge in [0, 0.05) is 13.3 Å². The van der Waals surface area contributed by atoms with Gasteiger partial charge in [-0.25, -0.2) is 0 Å². The smallest absolute Gasteiger partial charge is 0.191 e. The summed E-state index contributed by atoms with van der Waals surface area (Å²) < 4.78 is 15.1. The molecule has 9 heavy (non-hydrogen) atoms. The first-order valence-corrected chi connectivity index (χ1v) is 4.40. The van der Waals surface area contributed by atoms with Gasteiger partial charge in [0.15, 0.2) is 25.4 Å². The predicted molar refractivity (Wildman–Crippen MR) is 45.7 cm³/mol. The lowest BCUT2D eigenvalue weighted by molar-refractivity contribution is 0.413. The second-order valence-electron chi connectivity index (χ2n) is 1.68. The lowest BCUT2D eigenvalue weighted by atomic mass is 10.4. The molecule has 0 saturated heterocycles. The largest absolute Gasteiger partial charge is 0.334 e. The van der Waals surface area contributed by atoms with Gasteiger partial charge in [0.2, 0.25) is 0 Å². The zero-order chi connectivity index (χ0) is 6.41.